The molecule has 3 rings (SSSR count). The van der Waals surface area contributed by atoms with Crippen LogP contribution in [-0.4, -0.2) is 18.4 Å². The third-order valence-electron chi connectivity index (χ3n) is 3.79. The van der Waals surface area contributed by atoms with Gasteiger partial charge in [-0.2, -0.15) is 0 Å². The second kappa shape index (κ2) is 8.36. The fourth-order valence-corrected chi connectivity index (χ4v) is 2.75. The van der Waals surface area contributed by atoms with E-state index in [0.717, 1.165) is 5.56 Å². The Labute approximate surface area is 156 Å². The maximum Gasteiger partial charge on any atom is 0.253 e. The van der Waals surface area contributed by atoms with Crippen LogP contribution in [0.1, 0.15) is 27.7 Å². The fraction of sp³-hybridized carbons (Fsp3) is 0.100. The molecule has 0 aliphatic carbocycles. The van der Waals surface area contributed by atoms with Crippen molar-refractivity contribution in [1.29, 1.82) is 0 Å². The van der Waals surface area contributed by atoms with Gasteiger partial charge in [-0.3, -0.25) is 9.59 Å². The number of halogens is 1. The molecule has 1 unspecified atom stereocenters. The molecule has 2 aromatic carbocycles. The lowest BCUT2D eigenvalue weighted by Gasteiger charge is -2.17. The quantitative estimate of drug-likeness (QED) is 0.698. The SMILES string of the molecule is O=C(CNC(=O)c1ccccc1Cl)NC(c1ccccc1)c1ccco1. The standard InChI is InChI=1S/C20H17ClN2O3/c21-16-10-5-4-9-15(16)20(25)22-13-18(24)23-19(17-11-6-12-26-17)14-7-2-1-3-8-14/h1-12,19H,13H2,(H,22,25)(H,23,24). The van der Waals surface area contributed by atoms with Gasteiger partial charge in [0.2, 0.25) is 5.91 Å². The van der Waals surface area contributed by atoms with E-state index in [1.54, 1.807) is 42.7 Å². The normalized spacial score (nSPS) is 11.6. The van der Waals surface area contributed by atoms with Crippen LogP contribution < -0.4 is 10.6 Å². The molecule has 2 amide bonds. The summed E-state index contributed by atoms with van der Waals surface area (Å²) < 4.78 is 5.44. The molecule has 0 saturated heterocycles. The molecule has 1 heterocycles. The van der Waals surface area contributed by atoms with Crippen molar-refractivity contribution >= 4 is 23.4 Å². The van der Waals surface area contributed by atoms with Crippen molar-refractivity contribution in [3.63, 3.8) is 0 Å². The summed E-state index contributed by atoms with van der Waals surface area (Å²) in [5.74, 6) is -0.127. The smallest absolute Gasteiger partial charge is 0.253 e. The zero-order valence-corrected chi connectivity index (χ0v) is 14.6. The van der Waals surface area contributed by atoms with Crippen molar-refractivity contribution in [2.45, 2.75) is 6.04 Å². The van der Waals surface area contributed by atoms with E-state index in [0.29, 0.717) is 16.3 Å². The lowest BCUT2D eigenvalue weighted by molar-refractivity contribution is -0.120. The number of amides is 2. The van der Waals surface area contributed by atoms with E-state index < -0.39 is 11.9 Å². The molecule has 0 saturated carbocycles. The molecule has 6 heteroatoms. The molecule has 132 valence electrons. The first kappa shape index (κ1) is 17.8. The van der Waals surface area contributed by atoms with Crippen LogP contribution in [0.25, 0.3) is 0 Å². The summed E-state index contributed by atoms with van der Waals surface area (Å²) in [6.07, 6.45) is 1.55. The molecule has 0 bridgehead atoms. The molecule has 1 atom stereocenters. The highest BCUT2D eigenvalue weighted by Gasteiger charge is 2.19. The van der Waals surface area contributed by atoms with E-state index in [1.165, 1.54) is 0 Å². The number of nitrogens with one attached hydrogen (secondary N) is 2. The molecular weight excluding hydrogens is 352 g/mol. The summed E-state index contributed by atoms with van der Waals surface area (Å²) in [6, 6.07) is 19.3. The van der Waals surface area contributed by atoms with Gasteiger partial charge in [0.1, 0.15) is 11.8 Å². The van der Waals surface area contributed by atoms with E-state index in [-0.39, 0.29) is 12.5 Å². The second-order valence-corrected chi connectivity index (χ2v) is 6.00. The molecule has 5 nitrogen and oxygen atoms in total. The number of carbonyl (C=O) groups is 2. The molecule has 0 fully saturated rings. The number of rotatable bonds is 6. The van der Waals surface area contributed by atoms with Crippen molar-refractivity contribution in [2.75, 3.05) is 6.54 Å². The lowest BCUT2D eigenvalue weighted by Crippen LogP contribution is -2.39. The van der Waals surface area contributed by atoms with Crippen LogP contribution in [0.3, 0.4) is 0 Å². The molecule has 0 aliphatic rings. The van der Waals surface area contributed by atoms with Crippen molar-refractivity contribution in [2.24, 2.45) is 0 Å². The zero-order chi connectivity index (χ0) is 18.4. The predicted molar refractivity (Wildman–Crippen MR) is 98.9 cm³/mol. The molecular formula is C20H17ClN2O3. The van der Waals surface area contributed by atoms with E-state index in [2.05, 4.69) is 10.6 Å². The summed E-state index contributed by atoms with van der Waals surface area (Å²) >= 11 is 5.99. The monoisotopic (exact) mass is 368 g/mol. The zero-order valence-electron chi connectivity index (χ0n) is 13.8. The van der Waals surface area contributed by atoms with Crippen LogP contribution >= 0.6 is 11.6 Å². The summed E-state index contributed by atoms with van der Waals surface area (Å²) in [5.41, 5.74) is 1.21. The molecule has 1 aromatic heterocycles. The Bertz CT molecular complexity index is 879. The maximum absolute atomic E-state index is 12.3. The van der Waals surface area contributed by atoms with Gasteiger partial charge >= 0.3 is 0 Å². The molecule has 0 spiro atoms. The molecule has 0 radical (unpaired) electrons. The Hall–Kier alpha value is -3.05. The first-order valence-corrected chi connectivity index (χ1v) is 8.43. The highest BCUT2D eigenvalue weighted by atomic mass is 35.5. The van der Waals surface area contributed by atoms with Gasteiger partial charge < -0.3 is 15.1 Å². The van der Waals surface area contributed by atoms with E-state index in [4.69, 9.17) is 16.0 Å². The average Bonchev–Trinajstić information content (AvgIpc) is 3.19. The number of furan rings is 1. The number of hydrogen-bond donors (Lipinski definition) is 2. The lowest BCUT2D eigenvalue weighted by atomic mass is 10.0. The predicted octanol–water partition coefficient (Wildman–Crippen LogP) is 3.57. The van der Waals surface area contributed by atoms with Crippen LogP contribution in [0.15, 0.2) is 77.4 Å². The minimum Gasteiger partial charge on any atom is -0.467 e. The van der Waals surface area contributed by atoms with Crippen LogP contribution in [0.4, 0.5) is 0 Å². The van der Waals surface area contributed by atoms with Crippen LogP contribution in [-0.2, 0) is 4.79 Å². The fourth-order valence-electron chi connectivity index (χ4n) is 2.53. The molecule has 26 heavy (non-hydrogen) atoms. The summed E-state index contributed by atoms with van der Waals surface area (Å²) in [5, 5.41) is 5.79. The second-order valence-electron chi connectivity index (χ2n) is 5.59. The van der Waals surface area contributed by atoms with Gasteiger partial charge in [0.15, 0.2) is 0 Å². The van der Waals surface area contributed by atoms with Crippen molar-refractivity contribution < 1.29 is 14.0 Å². The topological polar surface area (TPSA) is 71.3 Å². The van der Waals surface area contributed by atoms with E-state index >= 15 is 0 Å². The third kappa shape index (κ3) is 4.32. The van der Waals surface area contributed by atoms with Gasteiger partial charge in [0.05, 0.1) is 23.4 Å². The highest BCUT2D eigenvalue weighted by Crippen LogP contribution is 2.22. The Kier molecular flexibility index (Phi) is 5.71. The van der Waals surface area contributed by atoms with Crippen molar-refractivity contribution in [1.82, 2.24) is 10.6 Å². The van der Waals surface area contributed by atoms with Gasteiger partial charge in [-0.25, -0.2) is 0 Å². The summed E-state index contributed by atoms with van der Waals surface area (Å²) in [4.78, 5) is 24.5. The first-order chi connectivity index (χ1) is 12.6. The van der Waals surface area contributed by atoms with E-state index in [9.17, 15) is 9.59 Å². The minimum atomic E-state index is -0.434. The van der Waals surface area contributed by atoms with Gasteiger partial charge in [0.25, 0.3) is 5.91 Å². The first-order valence-electron chi connectivity index (χ1n) is 8.05. The van der Waals surface area contributed by atoms with Crippen LogP contribution in [0.5, 0.6) is 0 Å². The van der Waals surface area contributed by atoms with Crippen LogP contribution in [0.2, 0.25) is 5.02 Å². The molecule has 0 aliphatic heterocycles. The Morgan fingerprint density at radius 2 is 1.69 bits per heavy atom. The van der Waals surface area contributed by atoms with Gasteiger partial charge in [-0.1, -0.05) is 54.1 Å². The van der Waals surface area contributed by atoms with E-state index in [1.807, 2.05) is 30.3 Å². The minimum absolute atomic E-state index is 0.173. The highest BCUT2D eigenvalue weighted by molar-refractivity contribution is 6.33. The summed E-state index contributed by atoms with van der Waals surface area (Å²) in [7, 11) is 0. The number of hydrogen-bond acceptors (Lipinski definition) is 3. The van der Waals surface area contributed by atoms with Crippen molar-refractivity contribution in [3.05, 3.63) is 94.9 Å². The Morgan fingerprint density at radius 3 is 2.38 bits per heavy atom. The van der Waals surface area contributed by atoms with Gasteiger partial charge in [0, 0.05) is 0 Å². The largest absolute Gasteiger partial charge is 0.467 e. The average molecular weight is 369 g/mol. The maximum atomic E-state index is 12.3. The summed E-state index contributed by atoms with van der Waals surface area (Å²) in [6.45, 7) is -0.173. The van der Waals surface area contributed by atoms with Gasteiger partial charge in [-0.15, -0.1) is 0 Å². The van der Waals surface area contributed by atoms with Crippen molar-refractivity contribution in [3.8, 4) is 0 Å². The Morgan fingerprint density at radius 1 is 0.962 bits per heavy atom. The number of benzene rings is 2. The number of carbonyl (C=O) groups excluding carboxylic acids is 2. The van der Waals surface area contributed by atoms with Gasteiger partial charge in [-0.05, 0) is 29.8 Å². The molecule has 3 aromatic rings. The Balaban J connectivity index is 1.65. The third-order valence-corrected chi connectivity index (χ3v) is 4.12. The van der Waals surface area contributed by atoms with Crippen LogP contribution in [0, 0.1) is 0 Å². The molecule has 2 N–H and O–H groups in total.